The van der Waals surface area contributed by atoms with E-state index in [9.17, 15) is 14.7 Å². The van der Waals surface area contributed by atoms with Crippen LogP contribution >= 0.6 is 11.8 Å². The molecular weight excluding hydrogens is 288 g/mol. The van der Waals surface area contributed by atoms with Crippen LogP contribution in [0.5, 0.6) is 0 Å². The van der Waals surface area contributed by atoms with E-state index in [4.69, 9.17) is 0 Å². The molecule has 0 fully saturated rings. The maximum Gasteiger partial charge on any atom is 0.317 e. The van der Waals surface area contributed by atoms with Crippen LogP contribution in [0.1, 0.15) is 24.0 Å². The van der Waals surface area contributed by atoms with Crippen LogP contribution in [-0.4, -0.2) is 46.6 Å². The summed E-state index contributed by atoms with van der Waals surface area (Å²) in [5.74, 6) is -1.55. The third-order valence-electron chi connectivity index (χ3n) is 3.72. The second kappa shape index (κ2) is 6.85. The summed E-state index contributed by atoms with van der Waals surface area (Å²) < 4.78 is 0. The van der Waals surface area contributed by atoms with E-state index in [1.165, 1.54) is 0 Å². The smallest absolute Gasteiger partial charge is 0.317 e. The fraction of sp³-hybridized carbons (Fsp3) is 0.467. The zero-order valence-electron chi connectivity index (χ0n) is 12.2. The SMILES string of the molecule is CSC(C)CNC(=O)N1Cc2ccccc2C(C(=O)O)C1. The molecule has 0 saturated heterocycles. The molecule has 0 spiro atoms. The number of carbonyl (C=O) groups excluding carboxylic acids is 1. The van der Waals surface area contributed by atoms with Crippen LogP contribution in [0.3, 0.4) is 0 Å². The van der Waals surface area contributed by atoms with Crippen molar-refractivity contribution in [1.29, 1.82) is 0 Å². The number of carboxylic acids is 1. The Morgan fingerprint density at radius 3 is 2.86 bits per heavy atom. The topological polar surface area (TPSA) is 69.6 Å². The van der Waals surface area contributed by atoms with Crippen LogP contribution in [0.4, 0.5) is 4.79 Å². The third kappa shape index (κ3) is 3.69. The quantitative estimate of drug-likeness (QED) is 0.894. The fourth-order valence-electron chi connectivity index (χ4n) is 2.40. The van der Waals surface area contributed by atoms with E-state index >= 15 is 0 Å². The Bertz CT molecular complexity index is 535. The average molecular weight is 308 g/mol. The van der Waals surface area contributed by atoms with E-state index in [-0.39, 0.29) is 12.6 Å². The highest BCUT2D eigenvalue weighted by molar-refractivity contribution is 7.99. The van der Waals surface area contributed by atoms with E-state index in [2.05, 4.69) is 5.32 Å². The molecule has 1 aliphatic rings. The first-order valence-electron chi connectivity index (χ1n) is 6.89. The zero-order chi connectivity index (χ0) is 15.4. The van der Waals surface area contributed by atoms with Gasteiger partial charge in [-0.1, -0.05) is 31.2 Å². The normalized spacial score (nSPS) is 18.8. The summed E-state index contributed by atoms with van der Waals surface area (Å²) in [5.41, 5.74) is 1.72. The molecular formula is C15H20N2O3S. The minimum atomic E-state index is -0.891. The predicted octanol–water partition coefficient (Wildman–Crippen LogP) is 2.13. The molecule has 2 amide bonds. The molecule has 2 unspecified atom stereocenters. The van der Waals surface area contributed by atoms with Crippen molar-refractivity contribution in [1.82, 2.24) is 10.2 Å². The van der Waals surface area contributed by atoms with Crippen LogP contribution in [-0.2, 0) is 11.3 Å². The van der Waals surface area contributed by atoms with E-state index in [1.54, 1.807) is 16.7 Å². The first-order chi connectivity index (χ1) is 10.0. The molecule has 1 aliphatic heterocycles. The van der Waals surface area contributed by atoms with Crippen molar-refractivity contribution in [3.8, 4) is 0 Å². The molecule has 0 aromatic heterocycles. The van der Waals surface area contributed by atoms with Gasteiger partial charge in [-0.15, -0.1) is 0 Å². The largest absolute Gasteiger partial charge is 0.481 e. The molecule has 6 heteroatoms. The monoisotopic (exact) mass is 308 g/mol. The minimum Gasteiger partial charge on any atom is -0.481 e. The summed E-state index contributed by atoms with van der Waals surface area (Å²) in [6.45, 7) is 3.29. The molecule has 2 rings (SSSR count). The number of urea groups is 1. The maximum absolute atomic E-state index is 12.2. The lowest BCUT2D eigenvalue weighted by molar-refractivity contribution is -0.139. The van der Waals surface area contributed by atoms with Crippen molar-refractivity contribution in [2.24, 2.45) is 0 Å². The second-order valence-electron chi connectivity index (χ2n) is 5.20. The Labute approximate surface area is 128 Å². The number of carboxylic acid groups (broad SMARTS) is 1. The van der Waals surface area contributed by atoms with Crippen molar-refractivity contribution in [3.63, 3.8) is 0 Å². The number of benzene rings is 1. The molecule has 2 N–H and O–H groups in total. The number of aliphatic carboxylic acids is 1. The lowest BCUT2D eigenvalue weighted by Crippen LogP contribution is -2.46. The number of carbonyl (C=O) groups is 2. The Hall–Kier alpha value is -1.69. The molecule has 0 aliphatic carbocycles. The highest BCUT2D eigenvalue weighted by atomic mass is 32.2. The van der Waals surface area contributed by atoms with Crippen LogP contribution in [0.15, 0.2) is 24.3 Å². The molecule has 5 nitrogen and oxygen atoms in total. The first kappa shape index (κ1) is 15.7. The zero-order valence-corrected chi connectivity index (χ0v) is 13.0. The lowest BCUT2D eigenvalue weighted by Gasteiger charge is -2.33. The molecule has 0 radical (unpaired) electrons. The Balaban J connectivity index is 2.10. The fourth-order valence-corrected chi connectivity index (χ4v) is 2.65. The minimum absolute atomic E-state index is 0.198. The number of hydrogen-bond acceptors (Lipinski definition) is 3. The highest BCUT2D eigenvalue weighted by Gasteiger charge is 2.32. The van der Waals surface area contributed by atoms with Gasteiger partial charge in [-0.05, 0) is 17.4 Å². The van der Waals surface area contributed by atoms with E-state index < -0.39 is 11.9 Å². The van der Waals surface area contributed by atoms with Gasteiger partial charge >= 0.3 is 12.0 Å². The Kier molecular flexibility index (Phi) is 5.12. The Morgan fingerprint density at radius 1 is 1.48 bits per heavy atom. The van der Waals surface area contributed by atoms with Crippen LogP contribution in [0.2, 0.25) is 0 Å². The van der Waals surface area contributed by atoms with Gasteiger partial charge in [-0.25, -0.2) is 4.79 Å². The van der Waals surface area contributed by atoms with Gasteiger partial charge in [0.25, 0.3) is 0 Å². The van der Waals surface area contributed by atoms with Gasteiger partial charge < -0.3 is 15.3 Å². The average Bonchev–Trinajstić information content (AvgIpc) is 2.50. The van der Waals surface area contributed by atoms with Gasteiger partial charge in [-0.3, -0.25) is 4.79 Å². The van der Waals surface area contributed by atoms with Crippen molar-refractivity contribution in [2.75, 3.05) is 19.3 Å². The summed E-state index contributed by atoms with van der Waals surface area (Å²) in [6.07, 6.45) is 1.99. The Morgan fingerprint density at radius 2 is 2.19 bits per heavy atom. The van der Waals surface area contributed by atoms with Crippen molar-refractivity contribution in [2.45, 2.75) is 24.6 Å². The molecule has 2 atom stereocenters. The number of thioether (sulfide) groups is 1. The number of nitrogens with one attached hydrogen (secondary N) is 1. The third-order valence-corrected chi connectivity index (χ3v) is 4.69. The van der Waals surface area contributed by atoms with Gasteiger partial charge in [-0.2, -0.15) is 11.8 Å². The molecule has 0 saturated carbocycles. The highest BCUT2D eigenvalue weighted by Crippen LogP contribution is 2.28. The van der Waals surface area contributed by atoms with Gasteiger partial charge in [0.15, 0.2) is 0 Å². The predicted molar refractivity (Wildman–Crippen MR) is 83.6 cm³/mol. The molecule has 1 heterocycles. The van der Waals surface area contributed by atoms with Crippen molar-refractivity contribution < 1.29 is 14.7 Å². The number of nitrogens with zero attached hydrogens (tertiary/aromatic N) is 1. The van der Waals surface area contributed by atoms with Crippen LogP contribution < -0.4 is 5.32 Å². The van der Waals surface area contributed by atoms with Gasteiger partial charge in [0.05, 0.1) is 5.92 Å². The number of fused-ring (bicyclic) bond motifs is 1. The second-order valence-corrected chi connectivity index (χ2v) is 6.48. The molecule has 1 aromatic carbocycles. The molecule has 1 aromatic rings. The van der Waals surface area contributed by atoms with E-state index in [0.29, 0.717) is 18.3 Å². The van der Waals surface area contributed by atoms with Crippen LogP contribution in [0.25, 0.3) is 0 Å². The number of hydrogen-bond donors (Lipinski definition) is 2. The van der Waals surface area contributed by atoms with E-state index in [0.717, 1.165) is 11.1 Å². The van der Waals surface area contributed by atoms with Gasteiger partial charge in [0.1, 0.15) is 0 Å². The van der Waals surface area contributed by atoms with Crippen LogP contribution in [0, 0.1) is 0 Å². The number of amides is 2. The van der Waals surface area contributed by atoms with Gasteiger partial charge in [0.2, 0.25) is 0 Å². The summed E-state index contributed by atoms with van der Waals surface area (Å²) in [5, 5.41) is 12.6. The maximum atomic E-state index is 12.2. The first-order valence-corrected chi connectivity index (χ1v) is 8.18. The summed E-state index contributed by atoms with van der Waals surface area (Å²) >= 11 is 1.68. The lowest BCUT2D eigenvalue weighted by atomic mass is 9.90. The standard InChI is InChI=1S/C15H20N2O3S/c1-10(21-2)7-16-15(20)17-8-11-5-3-4-6-12(11)13(9-17)14(18)19/h3-6,10,13H,7-9H2,1-2H3,(H,16,20)(H,18,19). The summed E-state index contributed by atoms with van der Waals surface area (Å²) in [6, 6.07) is 7.23. The molecule has 21 heavy (non-hydrogen) atoms. The van der Waals surface area contributed by atoms with Crippen molar-refractivity contribution >= 4 is 23.8 Å². The summed E-state index contributed by atoms with van der Waals surface area (Å²) in [7, 11) is 0. The van der Waals surface area contributed by atoms with Crippen molar-refractivity contribution in [3.05, 3.63) is 35.4 Å². The van der Waals surface area contributed by atoms with E-state index in [1.807, 2.05) is 37.4 Å². The van der Waals surface area contributed by atoms with Gasteiger partial charge in [0, 0.05) is 24.9 Å². The summed E-state index contributed by atoms with van der Waals surface area (Å²) in [4.78, 5) is 25.2. The number of rotatable bonds is 4. The molecule has 0 bridgehead atoms. The molecule has 114 valence electrons.